The van der Waals surface area contributed by atoms with E-state index in [4.69, 9.17) is 23.2 Å². The Morgan fingerprint density at radius 2 is 1.96 bits per heavy atom. The predicted molar refractivity (Wildman–Crippen MR) is 102 cm³/mol. The molecular formula is C15H15Cl2N3O3S2. The number of hydrogen-bond donors (Lipinski definition) is 1. The molecule has 6 nitrogen and oxygen atoms in total. The van der Waals surface area contributed by atoms with E-state index in [0.29, 0.717) is 22.9 Å². The van der Waals surface area contributed by atoms with Gasteiger partial charge < -0.3 is 5.32 Å². The van der Waals surface area contributed by atoms with Gasteiger partial charge in [-0.1, -0.05) is 12.1 Å². The van der Waals surface area contributed by atoms with E-state index in [-0.39, 0.29) is 5.91 Å². The summed E-state index contributed by atoms with van der Waals surface area (Å²) in [6.45, 7) is 0. The maximum atomic E-state index is 12.0. The normalized spacial score (nSPS) is 18.6. The Labute approximate surface area is 159 Å². The van der Waals surface area contributed by atoms with Gasteiger partial charge in [0.1, 0.15) is 4.33 Å². The number of halogens is 2. The Hall–Kier alpha value is -1.35. The molecule has 1 heterocycles. The molecule has 1 unspecified atom stereocenters. The molecule has 134 valence electrons. The standard InChI is InChI=1S/C15H15Cl2N3O3S2/c1-20(25(2,22)23)10-5-3-9(4-6-10)12-8-24-14(18-12)19-13(21)11-7-15(11,16)17/h3-6,8,11H,7H2,1-2H3,(H,18,19,21). The number of nitrogens with zero attached hydrogens (tertiary/aromatic N) is 2. The molecule has 1 aliphatic carbocycles. The van der Waals surface area contributed by atoms with Crippen molar-refractivity contribution in [1.82, 2.24) is 4.98 Å². The molecule has 1 aliphatic rings. The van der Waals surface area contributed by atoms with Crippen LogP contribution in [-0.4, -0.2) is 36.9 Å². The molecule has 1 N–H and O–H groups in total. The number of anilines is 2. The Kier molecular flexibility index (Phi) is 4.74. The van der Waals surface area contributed by atoms with Gasteiger partial charge in [-0.25, -0.2) is 13.4 Å². The lowest BCUT2D eigenvalue weighted by Crippen LogP contribution is -2.24. The molecule has 1 fully saturated rings. The van der Waals surface area contributed by atoms with E-state index < -0.39 is 20.3 Å². The topological polar surface area (TPSA) is 79.4 Å². The molecule has 0 spiro atoms. The summed E-state index contributed by atoms with van der Waals surface area (Å²) in [7, 11) is -1.81. The van der Waals surface area contributed by atoms with Crippen LogP contribution in [-0.2, 0) is 14.8 Å². The lowest BCUT2D eigenvalue weighted by atomic mass is 10.1. The second kappa shape index (κ2) is 6.42. The van der Waals surface area contributed by atoms with E-state index in [2.05, 4.69) is 10.3 Å². The van der Waals surface area contributed by atoms with Gasteiger partial charge in [-0.2, -0.15) is 0 Å². The van der Waals surface area contributed by atoms with Gasteiger partial charge in [0.25, 0.3) is 0 Å². The minimum Gasteiger partial charge on any atom is -0.302 e. The monoisotopic (exact) mass is 419 g/mol. The largest absolute Gasteiger partial charge is 0.302 e. The fourth-order valence-electron chi connectivity index (χ4n) is 2.19. The summed E-state index contributed by atoms with van der Waals surface area (Å²) in [5, 5.41) is 4.99. The second-order valence-corrected chi connectivity index (χ2v) is 10.2. The van der Waals surface area contributed by atoms with Gasteiger partial charge in [0.2, 0.25) is 15.9 Å². The third-order valence-corrected chi connectivity index (χ3v) is 6.70. The summed E-state index contributed by atoms with van der Waals surface area (Å²) < 4.78 is 23.3. The van der Waals surface area contributed by atoms with Gasteiger partial charge in [0.15, 0.2) is 5.13 Å². The fourth-order valence-corrected chi connectivity index (χ4v) is 3.92. The molecule has 1 aromatic carbocycles. The zero-order valence-corrected chi connectivity index (χ0v) is 16.5. The SMILES string of the molecule is CN(c1ccc(-c2csc(NC(=O)C3CC3(Cl)Cl)n2)cc1)S(C)(=O)=O. The number of hydrogen-bond acceptors (Lipinski definition) is 5. The Bertz CT molecular complexity index is 910. The fraction of sp³-hybridized carbons (Fsp3) is 0.333. The van der Waals surface area contributed by atoms with Gasteiger partial charge in [0.05, 0.1) is 23.6 Å². The molecular weight excluding hydrogens is 405 g/mol. The Balaban J connectivity index is 1.71. The number of carbonyl (C=O) groups is 1. The van der Waals surface area contributed by atoms with Crippen LogP contribution in [0.5, 0.6) is 0 Å². The number of benzene rings is 1. The van der Waals surface area contributed by atoms with E-state index >= 15 is 0 Å². The lowest BCUT2D eigenvalue weighted by Gasteiger charge is -2.16. The molecule has 1 amide bonds. The van der Waals surface area contributed by atoms with Crippen molar-refractivity contribution in [3.05, 3.63) is 29.6 Å². The molecule has 2 aromatic rings. The first kappa shape index (κ1) is 18.4. The summed E-state index contributed by atoms with van der Waals surface area (Å²) in [5.41, 5.74) is 2.06. The van der Waals surface area contributed by atoms with Crippen LogP contribution >= 0.6 is 34.5 Å². The predicted octanol–water partition coefficient (Wildman–Crippen LogP) is 3.34. The first-order chi connectivity index (χ1) is 11.6. The molecule has 1 aromatic heterocycles. The van der Waals surface area contributed by atoms with Crippen LogP contribution in [0.3, 0.4) is 0 Å². The van der Waals surface area contributed by atoms with Crippen LogP contribution in [0.4, 0.5) is 10.8 Å². The Morgan fingerprint density at radius 3 is 2.48 bits per heavy atom. The number of alkyl halides is 2. The highest BCUT2D eigenvalue weighted by atomic mass is 35.5. The first-order valence-corrected chi connectivity index (χ1v) is 10.7. The summed E-state index contributed by atoms with van der Waals surface area (Å²) in [6, 6.07) is 6.96. The van der Waals surface area contributed by atoms with Crippen LogP contribution in [0.1, 0.15) is 6.42 Å². The molecule has 0 aliphatic heterocycles. The number of amides is 1. The van der Waals surface area contributed by atoms with Gasteiger partial charge >= 0.3 is 0 Å². The second-order valence-electron chi connectivity index (χ2n) is 5.82. The van der Waals surface area contributed by atoms with Crippen molar-refractivity contribution in [3.8, 4) is 11.3 Å². The molecule has 25 heavy (non-hydrogen) atoms. The summed E-state index contributed by atoms with van der Waals surface area (Å²) in [4.78, 5) is 16.3. The number of nitrogens with one attached hydrogen (secondary N) is 1. The van der Waals surface area contributed by atoms with E-state index in [1.165, 1.54) is 22.7 Å². The van der Waals surface area contributed by atoms with Gasteiger partial charge in [-0.3, -0.25) is 9.10 Å². The molecule has 1 atom stereocenters. The summed E-state index contributed by atoms with van der Waals surface area (Å²) >= 11 is 13.1. The Morgan fingerprint density at radius 1 is 1.36 bits per heavy atom. The van der Waals surface area contributed by atoms with Crippen molar-refractivity contribution >= 4 is 61.3 Å². The molecule has 1 saturated carbocycles. The van der Waals surface area contributed by atoms with Gasteiger partial charge in [-0.05, 0) is 18.6 Å². The minimum absolute atomic E-state index is 0.240. The molecule has 0 saturated heterocycles. The van der Waals surface area contributed by atoms with Crippen molar-refractivity contribution in [2.75, 3.05) is 22.9 Å². The van der Waals surface area contributed by atoms with E-state index in [0.717, 1.165) is 11.8 Å². The zero-order valence-electron chi connectivity index (χ0n) is 13.4. The van der Waals surface area contributed by atoms with Crippen molar-refractivity contribution in [1.29, 1.82) is 0 Å². The summed E-state index contributed by atoms with van der Waals surface area (Å²) in [5.74, 6) is -0.648. The zero-order chi connectivity index (χ0) is 18.4. The van der Waals surface area contributed by atoms with Gasteiger partial charge in [-0.15, -0.1) is 34.5 Å². The van der Waals surface area contributed by atoms with Crippen LogP contribution in [0, 0.1) is 5.92 Å². The van der Waals surface area contributed by atoms with Crippen molar-refractivity contribution in [2.45, 2.75) is 10.8 Å². The van der Waals surface area contributed by atoms with E-state index in [1.54, 1.807) is 24.3 Å². The van der Waals surface area contributed by atoms with Crippen molar-refractivity contribution in [3.63, 3.8) is 0 Å². The van der Waals surface area contributed by atoms with E-state index in [1.807, 2.05) is 5.38 Å². The maximum Gasteiger partial charge on any atom is 0.232 e. The minimum atomic E-state index is -3.30. The highest BCUT2D eigenvalue weighted by Gasteiger charge is 2.56. The van der Waals surface area contributed by atoms with Crippen LogP contribution in [0.2, 0.25) is 0 Å². The summed E-state index contributed by atoms with van der Waals surface area (Å²) in [6.07, 6.45) is 1.59. The number of sulfonamides is 1. The molecule has 0 bridgehead atoms. The van der Waals surface area contributed by atoms with Gasteiger partial charge in [0, 0.05) is 18.0 Å². The molecule has 3 rings (SSSR count). The molecule has 10 heteroatoms. The maximum absolute atomic E-state index is 12.0. The number of rotatable bonds is 5. The van der Waals surface area contributed by atoms with Crippen molar-refractivity contribution in [2.24, 2.45) is 5.92 Å². The third-order valence-electron chi connectivity index (χ3n) is 3.90. The lowest BCUT2D eigenvalue weighted by molar-refractivity contribution is -0.117. The number of aromatic nitrogens is 1. The average Bonchev–Trinajstić information content (AvgIpc) is 2.95. The van der Waals surface area contributed by atoms with Crippen molar-refractivity contribution < 1.29 is 13.2 Å². The van der Waals surface area contributed by atoms with Crippen LogP contribution < -0.4 is 9.62 Å². The number of thiazole rings is 1. The van der Waals surface area contributed by atoms with Crippen LogP contribution in [0.25, 0.3) is 11.3 Å². The molecule has 0 radical (unpaired) electrons. The quantitative estimate of drug-likeness (QED) is 0.753. The third kappa shape index (κ3) is 4.08. The highest BCUT2D eigenvalue weighted by Crippen LogP contribution is 2.53. The van der Waals surface area contributed by atoms with E-state index in [9.17, 15) is 13.2 Å². The smallest absolute Gasteiger partial charge is 0.232 e. The first-order valence-electron chi connectivity index (χ1n) is 7.26. The highest BCUT2D eigenvalue weighted by molar-refractivity contribution is 7.92. The van der Waals surface area contributed by atoms with Crippen LogP contribution in [0.15, 0.2) is 29.6 Å². The number of carbonyl (C=O) groups excluding carboxylic acids is 1. The average molecular weight is 420 g/mol.